The fraction of sp³-hybridized carbons (Fsp3) is 0.304. The summed E-state index contributed by atoms with van der Waals surface area (Å²) in [5.41, 5.74) is 3.79. The number of para-hydroxylation sites is 2. The summed E-state index contributed by atoms with van der Waals surface area (Å²) in [4.78, 5) is 26.7. The first-order chi connectivity index (χ1) is 15.3. The standard InChI is InChI=1S/C23H25N5O3S/c1-14-9-10-17(11-15(14)2)24-20(29)13-32-23-26-25-22(27(23)4)16(3)28-18-7-5-6-8-19(18)31-12-21(28)30/h5-11,16H,12-13H2,1-4H3,(H,24,29). The van der Waals surface area contributed by atoms with Gasteiger partial charge in [-0.2, -0.15) is 0 Å². The van der Waals surface area contributed by atoms with Crippen molar-refractivity contribution in [2.75, 3.05) is 22.6 Å². The predicted molar refractivity (Wildman–Crippen MR) is 124 cm³/mol. The average molecular weight is 452 g/mol. The van der Waals surface area contributed by atoms with Gasteiger partial charge in [0.1, 0.15) is 5.75 Å². The maximum absolute atomic E-state index is 12.6. The summed E-state index contributed by atoms with van der Waals surface area (Å²) < 4.78 is 7.36. The van der Waals surface area contributed by atoms with Crippen LogP contribution in [-0.4, -0.2) is 38.9 Å². The molecular formula is C23H25N5O3S. The number of ether oxygens (including phenoxy) is 1. The van der Waals surface area contributed by atoms with Crippen LogP contribution in [0.5, 0.6) is 5.75 Å². The largest absolute Gasteiger partial charge is 0.482 e. The topological polar surface area (TPSA) is 89.3 Å². The molecule has 1 atom stereocenters. The molecule has 0 fully saturated rings. The average Bonchev–Trinajstić information content (AvgIpc) is 3.14. The third kappa shape index (κ3) is 4.34. The second-order valence-electron chi connectivity index (χ2n) is 7.73. The van der Waals surface area contributed by atoms with Crippen molar-refractivity contribution in [2.24, 2.45) is 7.05 Å². The van der Waals surface area contributed by atoms with Crippen LogP contribution in [-0.2, 0) is 16.6 Å². The first-order valence-corrected chi connectivity index (χ1v) is 11.3. The highest BCUT2D eigenvalue weighted by Crippen LogP contribution is 2.37. The summed E-state index contributed by atoms with van der Waals surface area (Å²) in [6.07, 6.45) is 0. The second kappa shape index (κ2) is 9.04. The lowest BCUT2D eigenvalue weighted by Crippen LogP contribution is -2.41. The van der Waals surface area contributed by atoms with Gasteiger partial charge in [-0.3, -0.25) is 14.5 Å². The molecule has 2 amide bonds. The van der Waals surface area contributed by atoms with Crippen LogP contribution in [0, 0.1) is 13.8 Å². The second-order valence-corrected chi connectivity index (χ2v) is 8.67. The van der Waals surface area contributed by atoms with Crippen molar-refractivity contribution in [3.63, 3.8) is 0 Å². The number of hydrogen-bond acceptors (Lipinski definition) is 6. The summed E-state index contributed by atoms with van der Waals surface area (Å²) in [5, 5.41) is 12.1. The van der Waals surface area contributed by atoms with Gasteiger partial charge in [-0.05, 0) is 56.2 Å². The maximum atomic E-state index is 12.6. The molecule has 0 bridgehead atoms. The van der Waals surface area contributed by atoms with Crippen LogP contribution in [0.2, 0.25) is 0 Å². The number of nitrogens with one attached hydrogen (secondary N) is 1. The van der Waals surface area contributed by atoms with Crippen molar-refractivity contribution in [3.8, 4) is 5.75 Å². The van der Waals surface area contributed by atoms with Crippen molar-refractivity contribution >= 4 is 35.0 Å². The molecule has 1 aromatic heterocycles. The Labute approximate surface area is 191 Å². The fourth-order valence-electron chi connectivity index (χ4n) is 3.62. The Morgan fingerprint density at radius 3 is 2.75 bits per heavy atom. The highest BCUT2D eigenvalue weighted by atomic mass is 32.2. The molecule has 0 saturated heterocycles. The van der Waals surface area contributed by atoms with Gasteiger partial charge in [0, 0.05) is 12.7 Å². The lowest BCUT2D eigenvalue weighted by Gasteiger charge is -2.33. The van der Waals surface area contributed by atoms with Crippen LogP contribution in [0.4, 0.5) is 11.4 Å². The van der Waals surface area contributed by atoms with E-state index < -0.39 is 0 Å². The number of aryl methyl sites for hydroxylation is 2. The van der Waals surface area contributed by atoms with Gasteiger partial charge in [0.05, 0.1) is 17.5 Å². The maximum Gasteiger partial charge on any atom is 0.265 e. The SMILES string of the molecule is Cc1ccc(NC(=O)CSc2nnc(C(C)N3C(=O)COc4ccccc43)n2C)cc1C. The van der Waals surface area contributed by atoms with E-state index in [4.69, 9.17) is 4.74 Å². The lowest BCUT2D eigenvalue weighted by atomic mass is 10.1. The number of benzene rings is 2. The number of aromatic nitrogens is 3. The van der Waals surface area contributed by atoms with Gasteiger partial charge in [0.25, 0.3) is 5.91 Å². The number of carbonyl (C=O) groups is 2. The number of hydrogen-bond donors (Lipinski definition) is 1. The van der Waals surface area contributed by atoms with Crippen LogP contribution in [0.25, 0.3) is 0 Å². The van der Waals surface area contributed by atoms with Gasteiger partial charge in [-0.25, -0.2) is 0 Å². The first-order valence-electron chi connectivity index (χ1n) is 10.3. The quantitative estimate of drug-likeness (QED) is 0.576. The van der Waals surface area contributed by atoms with E-state index in [-0.39, 0.29) is 30.2 Å². The van der Waals surface area contributed by atoms with E-state index in [0.717, 1.165) is 11.3 Å². The van der Waals surface area contributed by atoms with Crippen molar-refractivity contribution < 1.29 is 14.3 Å². The van der Waals surface area contributed by atoms with Crippen LogP contribution in [0.15, 0.2) is 47.6 Å². The molecule has 4 rings (SSSR count). The van der Waals surface area contributed by atoms with Crippen molar-refractivity contribution in [1.29, 1.82) is 0 Å². The lowest BCUT2D eigenvalue weighted by molar-refractivity contribution is -0.121. The molecule has 0 aliphatic carbocycles. The molecule has 166 valence electrons. The summed E-state index contributed by atoms with van der Waals surface area (Å²) in [6.45, 7) is 5.94. The van der Waals surface area contributed by atoms with Gasteiger partial charge < -0.3 is 14.6 Å². The van der Waals surface area contributed by atoms with Crippen molar-refractivity contribution in [2.45, 2.75) is 32.0 Å². The van der Waals surface area contributed by atoms with Gasteiger partial charge >= 0.3 is 0 Å². The van der Waals surface area contributed by atoms with E-state index in [1.165, 1.54) is 17.3 Å². The van der Waals surface area contributed by atoms with Crippen LogP contribution < -0.4 is 15.0 Å². The zero-order valence-electron chi connectivity index (χ0n) is 18.5. The Balaban J connectivity index is 1.45. The number of amides is 2. The van der Waals surface area contributed by atoms with Crippen LogP contribution in [0.1, 0.15) is 29.9 Å². The molecular weight excluding hydrogens is 426 g/mol. The van der Waals surface area contributed by atoms with Gasteiger partial charge in [-0.1, -0.05) is 30.0 Å². The molecule has 32 heavy (non-hydrogen) atoms. The molecule has 1 N–H and O–H groups in total. The fourth-order valence-corrected chi connectivity index (χ4v) is 4.34. The van der Waals surface area contributed by atoms with E-state index in [1.54, 1.807) is 4.90 Å². The highest BCUT2D eigenvalue weighted by molar-refractivity contribution is 7.99. The van der Waals surface area contributed by atoms with E-state index >= 15 is 0 Å². The zero-order valence-corrected chi connectivity index (χ0v) is 19.3. The number of fused-ring (bicyclic) bond motifs is 1. The van der Waals surface area contributed by atoms with Gasteiger partial charge in [0.15, 0.2) is 17.6 Å². The van der Waals surface area contributed by atoms with Crippen LogP contribution in [0.3, 0.4) is 0 Å². The third-order valence-electron chi connectivity index (χ3n) is 5.50. The number of nitrogens with zero attached hydrogens (tertiary/aromatic N) is 4. The predicted octanol–water partition coefficient (Wildman–Crippen LogP) is 3.65. The summed E-state index contributed by atoms with van der Waals surface area (Å²) in [6, 6.07) is 12.9. The Morgan fingerprint density at radius 2 is 1.97 bits per heavy atom. The van der Waals surface area contributed by atoms with E-state index in [0.29, 0.717) is 22.4 Å². The minimum atomic E-state index is -0.344. The molecule has 9 heteroatoms. The molecule has 0 radical (unpaired) electrons. The smallest absolute Gasteiger partial charge is 0.265 e. The summed E-state index contributed by atoms with van der Waals surface area (Å²) in [7, 11) is 1.84. The van der Waals surface area contributed by atoms with Gasteiger partial charge in [-0.15, -0.1) is 10.2 Å². The molecule has 2 aromatic carbocycles. The summed E-state index contributed by atoms with van der Waals surface area (Å²) in [5.74, 6) is 1.24. The minimum Gasteiger partial charge on any atom is -0.482 e. The third-order valence-corrected chi connectivity index (χ3v) is 6.52. The number of carbonyl (C=O) groups excluding carboxylic acids is 2. The molecule has 0 saturated carbocycles. The molecule has 1 unspecified atom stereocenters. The molecule has 1 aliphatic rings. The van der Waals surface area contributed by atoms with Crippen molar-refractivity contribution in [3.05, 3.63) is 59.4 Å². The van der Waals surface area contributed by atoms with Gasteiger partial charge in [0.2, 0.25) is 5.91 Å². The normalized spacial score (nSPS) is 14.0. The minimum absolute atomic E-state index is 0.0144. The van der Waals surface area contributed by atoms with Crippen LogP contribution >= 0.6 is 11.8 Å². The zero-order chi connectivity index (χ0) is 22.8. The van der Waals surface area contributed by atoms with E-state index in [2.05, 4.69) is 15.5 Å². The molecule has 0 spiro atoms. The summed E-state index contributed by atoms with van der Waals surface area (Å²) >= 11 is 1.30. The number of anilines is 2. The highest BCUT2D eigenvalue weighted by Gasteiger charge is 2.32. The Bertz CT molecular complexity index is 1180. The van der Waals surface area contributed by atoms with E-state index in [1.807, 2.05) is 74.9 Å². The Kier molecular flexibility index (Phi) is 6.18. The molecule has 3 aromatic rings. The molecule has 2 heterocycles. The first kappa shape index (κ1) is 21.9. The number of thioether (sulfide) groups is 1. The Hall–Kier alpha value is -3.33. The Morgan fingerprint density at radius 1 is 1.19 bits per heavy atom. The van der Waals surface area contributed by atoms with E-state index in [9.17, 15) is 9.59 Å². The molecule has 8 nitrogen and oxygen atoms in total. The molecule has 1 aliphatic heterocycles. The monoisotopic (exact) mass is 451 g/mol. The van der Waals surface area contributed by atoms with Crippen molar-refractivity contribution in [1.82, 2.24) is 14.8 Å². The number of rotatable bonds is 6.